The average molecular weight is 361 g/mol. The Morgan fingerprint density at radius 3 is 2.58 bits per heavy atom. The molecule has 0 unspecified atom stereocenters. The number of nitrogens with one attached hydrogen (secondary N) is 1. The van der Waals surface area contributed by atoms with Gasteiger partial charge in [-0.15, -0.1) is 0 Å². The van der Waals surface area contributed by atoms with E-state index in [1.54, 1.807) is 24.3 Å². The fourth-order valence-corrected chi connectivity index (χ4v) is 3.62. The highest BCUT2D eigenvalue weighted by Crippen LogP contribution is 2.28. The lowest BCUT2D eigenvalue weighted by Gasteiger charge is -2.13. The molecule has 1 amide bonds. The molecule has 0 bridgehead atoms. The van der Waals surface area contributed by atoms with Crippen LogP contribution in [0.15, 0.2) is 53.6 Å². The Morgan fingerprint density at radius 2 is 1.88 bits per heavy atom. The van der Waals surface area contributed by atoms with Gasteiger partial charge in [-0.05, 0) is 62.2 Å². The Kier molecular flexibility index (Phi) is 5.24. The topological polar surface area (TPSA) is 65.8 Å². The smallest absolute Gasteiger partial charge is 0.237 e. The van der Waals surface area contributed by atoms with Crippen LogP contribution in [0.3, 0.4) is 0 Å². The van der Waals surface area contributed by atoms with E-state index in [0.717, 1.165) is 27.1 Å². The molecule has 26 heavy (non-hydrogen) atoms. The molecule has 0 spiro atoms. The Labute approximate surface area is 157 Å². The summed E-state index contributed by atoms with van der Waals surface area (Å²) in [5, 5.41) is 13.4. The second-order valence-corrected chi connectivity index (χ2v) is 7.55. The summed E-state index contributed by atoms with van der Waals surface area (Å²) in [6.45, 7) is 5.97. The third-order valence-electron chi connectivity index (χ3n) is 4.17. The summed E-state index contributed by atoms with van der Waals surface area (Å²) in [4.78, 5) is 17.2. The lowest BCUT2D eigenvalue weighted by molar-refractivity contribution is -0.115. The van der Waals surface area contributed by atoms with Gasteiger partial charge in [0.2, 0.25) is 5.91 Å². The van der Waals surface area contributed by atoms with E-state index in [2.05, 4.69) is 24.4 Å². The standard InChI is InChI=1S/C21H19N3OS/c1-13-5-4-6-18-14(2)11-19(24-20(13)18)26-15(3)21(25)23-17-9-7-16(12-22)8-10-17/h4-11,15H,1-3H3,(H,23,25)/t15-/m1/s1. The zero-order valence-electron chi connectivity index (χ0n) is 14.9. The normalized spacial score (nSPS) is 11.8. The van der Waals surface area contributed by atoms with Crippen molar-refractivity contribution in [1.82, 2.24) is 4.98 Å². The summed E-state index contributed by atoms with van der Waals surface area (Å²) < 4.78 is 0. The maximum atomic E-state index is 12.5. The SMILES string of the molecule is Cc1cc(S[C@H](C)C(=O)Nc2ccc(C#N)cc2)nc2c(C)cccc12. The van der Waals surface area contributed by atoms with Gasteiger partial charge in [-0.1, -0.05) is 30.0 Å². The van der Waals surface area contributed by atoms with Crippen molar-refractivity contribution in [3.63, 3.8) is 0 Å². The third-order valence-corrected chi connectivity index (χ3v) is 5.19. The number of aryl methyl sites for hydroxylation is 2. The van der Waals surface area contributed by atoms with Crippen LogP contribution in [0.2, 0.25) is 0 Å². The molecule has 1 atom stereocenters. The number of amides is 1. The Hall–Kier alpha value is -2.84. The maximum Gasteiger partial charge on any atom is 0.237 e. The van der Waals surface area contributed by atoms with E-state index < -0.39 is 0 Å². The van der Waals surface area contributed by atoms with Crippen LogP contribution in [0, 0.1) is 25.2 Å². The molecule has 0 aliphatic heterocycles. The number of anilines is 1. The van der Waals surface area contributed by atoms with Crippen molar-refractivity contribution in [3.8, 4) is 6.07 Å². The van der Waals surface area contributed by atoms with Crippen LogP contribution in [-0.2, 0) is 4.79 Å². The van der Waals surface area contributed by atoms with Crippen LogP contribution >= 0.6 is 11.8 Å². The number of fused-ring (bicyclic) bond motifs is 1. The fraction of sp³-hybridized carbons (Fsp3) is 0.190. The van der Waals surface area contributed by atoms with Gasteiger partial charge in [-0.2, -0.15) is 5.26 Å². The minimum atomic E-state index is -0.293. The molecule has 1 heterocycles. The number of nitriles is 1. The first-order valence-electron chi connectivity index (χ1n) is 8.32. The van der Waals surface area contributed by atoms with Gasteiger partial charge in [0.15, 0.2) is 0 Å². The molecule has 2 aromatic carbocycles. The van der Waals surface area contributed by atoms with Crippen molar-refractivity contribution < 1.29 is 4.79 Å². The van der Waals surface area contributed by atoms with Gasteiger partial charge < -0.3 is 5.32 Å². The monoisotopic (exact) mass is 361 g/mol. The average Bonchev–Trinajstić information content (AvgIpc) is 2.63. The highest BCUT2D eigenvalue weighted by Gasteiger charge is 2.16. The molecule has 1 N–H and O–H groups in total. The number of hydrogen-bond acceptors (Lipinski definition) is 4. The van der Waals surface area contributed by atoms with E-state index in [9.17, 15) is 4.79 Å². The van der Waals surface area contributed by atoms with E-state index in [1.165, 1.54) is 11.8 Å². The van der Waals surface area contributed by atoms with Crippen LogP contribution in [0.1, 0.15) is 23.6 Å². The molecule has 0 aliphatic rings. The minimum absolute atomic E-state index is 0.0935. The van der Waals surface area contributed by atoms with Gasteiger partial charge >= 0.3 is 0 Å². The zero-order chi connectivity index (χ0) is 18.7. The molecule has 0 aliphatic carbocycles. The molecule has 3 rings (SSSR count). The number of hydrogen-bond donors (Lipinski definition) is 1. The van der Waals surface area contributed by atoms with Gasteiger partial charge in [-0.25, -0.2) is 4.98 Å². The molecule has 0 saturated carbocycles. The van der Waals surface area contributed by atoms with Gasteiger partial charge in [0.05, 0.1) is 27.4 Å². The fourth-order valence-electron chi connectivity index (χ4n) is 2.70. The molecule has 0 fully saturated rings. The molecular weight excluding hydrogens is 342 g/mol. The lowest BCUT2D eigenvalue weighted by Crippen LogP contribution is -2.22. The highest BCUT2D eigenvalue weighted by atomic mass is 32.2. The van der Waals surface area contributed by atoms with Crippen LogP contribution in [0.5, 0.6) is 0 Å². The summed E-state index contributed by atoms with van der Waals surface area (Å²) in [5.74, 6) is -0.0935. The highest BCUT2D eigenvalue weighted by molar-refractivity contribution is 8.00. The van der Waals surface area contributed by atoms with Gasteiger partial charge in [-0.3, -0.25) is 4.79 Å². The number of para-hydroxylation sites is 1. The Balaban J connectivity index is 1.75. The molecule has 0 saturated heterocycles. The van der Waals surface area contributed by atoms with Crippen molar-refractivity contribution in [1.29, 1.82) is 5.26 Å². The van der Waals surface area contributed by atoms with Crippen molar-refractivity contribution >= 4 is 34.3 Å². The number of pyridine rings is 1. The quantitative estimate of drug-likeness (QED) is 0.675. The van der Waals surface area contributed by atoms with Crippen molar-refractivity contribution in [2.24, 2.45) is 0 Å². The first-order chi connectivity index (χ1) is 12.5. The number of rotatable bonds is 4. The second-order valence-electron chi connectivity index (χ2n) is 6.19. The van der Waals surface area contributed by atoms with Crippen molar-refractivity contribution in [2.45, 2.75) is 31.0 Å². The largest absolute Gasteiger partial charge is 0.325 e. The van der Waals surface area contributed by atoms with E-state index in [-0.39, 0.29) is 11.2 Å². The number of nitrogens with zero attached hydrogens (tertiary/aromatic N) is 2. The van der Waals surface area contributed by atoms with Crippen molar-refractivity contribution in [3.05, 3.63) is 65.2 Å². The summed E-state index contributed by atoms with van der Waals surface area (Å²) in [7, 11) is 0. The summed E-state index contributed by atoms with van der Waals surface area (Å²) in [6.07, 6.45) is 0. The van der Waals surface area contributed by atoms with Gasteiger partial charge in [0.25, 0.3) is 0 Å². The number of benzene rings is 2. The Morgan fingerprint density at radius 1 is 1.15 bits per heavy atom. The summed E-state index contributed by atoms with van der Waals surface area (Å²) in [5.41, 5.74) is 4.51. The van der Waals surface area contributed by atoms with E-state index in [4.69, 9.17) is 10.2 Å². The number of aromatic nitrogens is 1. The van der Waals surface area contributed by atoms with E-state index in [1.807, 2.05) is 32.0 Å². The first-order valence-corrected chi connectivity index (χ1v) is 9.20. The molecule has 3 aromatic rings. The van der Waals surface area contributed by atoms with Crippen LogP contribution in [0.25, 0.3) is 10.9 Å². The maximum absolute atomic E-state index is 12.5. The van der Waals surface area contributed by atoms with Crippen LogP contribution in [0.4, 0.5) is 5.69 Å². The molecule has 130 valence electrons. The number of thioether (sulfide) groups is 1. The summed E-state index contributed by atoms with van der Waals surface area (Å²) >= 11 is 1.44. The Bertz CT molecular complexity index is 1010. The van der Waals surface area contributed by atoms with Crippen LogP contribution in [-0.4, -0.2) is 16.1 Å². The molecule has 4 nitrogen and oxygen atoms in total. The number of carbonyl (C=O) groups excluding carboxylic acids is 1. The first kappa shape index (κ1) is 18.0. The lowest BCUT2D eigenvalue weighted by atomic mass is 10.1. The van der Waals surface area contributed by atoms with E-state index >= 15 is 0 Å². The number of carbonyl (C=O) groups is 1. The zero-order valence-corrected chi connectivity index (χ0v) is 15.7. The predicted molar refractivity (Wildman–Crippen MR) is 106 cm³/mol. The van der Waals surface area contributed by atoms with Gasteiger partial charge in [0, 0.05) is 11.1 Å². The predicted octanol–water partition coefficient (Wildman–Crippen LogP) is 4.84. The second kappa shape index (κ2) is 7.59. The van der Waals surface area contributed by atoms with Crippen molar-refractivity contribution in [2.75, 3.05) is 5.32 Å². The summed E-state index contributed by atoms with van der Waals surface area (Å²) in [6, 6.07) is 17.1. The third kappa shape index (κ3) is 3.87. The van der Waals surface area contributed by atoms with Gasteiger partial charge in [0.1, 0.15) is 0 Å². The molecule has 1 aromatic heterocycles. The minimum Gasteiger partial charge on any atom is -0.325 e. The molecule has 5 heteroatoms. The molecule has 0 radical (unpaired) electrons. The van der Waals surface area contributed by atoms with Crippen LogP contribution < -0.4 is 5.32 Å². The molecular formula is C21H19N3OS. The van der Waals surface area contributed by atoms with E-state index in [0.29, 0.717) is 11.3 Å².